The second-order valence-electron chi connectivity index (χ2n) is 18.4. The van der Waals surface area contributed by atoms with Gasteiger partial charge in [0.1, 0.15) is 48.8 Å². The summed E-state index contributed by atoms with van der Waals surface area (Å²) in [5, 5.41) is 86.8. The van der Waals surface area contributed by atoms with E-state index in [2.05, 4.69) is 33.8 Å². The number of aliphatic hydroxyl groups is 8. The van der Waals surface area contributed by atoms with Crippen LogP contribution in [0.1, 0.15) is 79.6 Å². The van der Waals surface area contributed by atoms with Gasteiger partial charge in [-0.25, -0.2) is 0 Å². The van der Waals surface area contributed by atoms with Gasteiger partial charge in [0.05, 0.1) is 37.6 Å². The second-order valence-corrected chi connectivity index (χ2v) is 18.4. The molecule has 0 radical (unpaired) electrons. The van der Waals surface area contributed by atoms with Crippen molar-refractivity contribution in [3.63, 3.8) is 0 Å². The molecule has 14 nitrogen and oxygen atoms in total. The van der Waals surface area contributed by atoms with Gasteiger partial charge in [-0.3, -0.25) is 0 Å². The molecular formula is C39H62O14. The van der Waals surface area contributed by atoms with Crippen LogP contribution in [0.4, 0.5) is 0 Å². The lowest BCUT2D eigenvalue weighted by Gasteiger charge is -2.60. The van der Waals surface area contributed by atoms with Gasteiger partial charge in [0.25, 0.3) is 0 Å². The Labute approximate surface area is 311 Å². The van der Waals surface area contributed by atoms with E-state index in [4.69, 9.17) is 28.4 Å². The summed E-state index contributed by atoms with van der Waals surface area (Å²) in [5.74, 6) is 1.61. The summed E-state index contributed by atoms with van der Waals surface area (Å²) >= 11 is 0. The van der Waals surface area contributed by atoms with Crippen LogP contribution in [-0.4, -0.2) is 146 Å². The fourth-order valence-corrected chi connectivity index (χ4v) is 12.6. The molecule has 23 atom stereocenters. The van der Waals surface area contributed by atoms with E-state index in [0.29, 0.717) is 29.6 Å². The summed E-state index contributed by atoms with van der Waals surface area (Å²) in [6.45, 7) is 10.6. The van der Waals surface area contributed by atoms with E-state index in [0.717, 1.165) is 50.7 Å². The van der Waals surface area contributed by atoms with Crippen LogP contribution >= 0.6 is 0 Å². The topological polar surface area (TPSA) is 217 Å². The molecule has 0 bridgehead atoms. The first-order valence-electron chi connectivity index (χ1n) is 20.1. The number of aliphatic hydroxyl groups excluding tert-OH is 8. The average Bonchev–Trinajstić information content (AvgIpc) is 3.58. The highest BCUT2D eigenvalue weighted by atomic mass is 16.8. The summed E-state index contributed by atoms with van der Waals surface area (Å²) in [6, 6.07) is 0. The number of ether oxygens (including phenoxy) is 6. The minimum atomic E-state index is -1.71. The smallest absolute Gasteiger partial charge is 0.187 e. The highest BCUT2D eigenvalue weighted by molar-refractivity contribution is 5.30. The van der Waals surface area contributed by atoms with E-state index in [9.17, 15) is 40.9 Å². The normalized spacial score (nSPS) is 59.5. The van der Waals surface area contributed by atoms with E-state index >= 15 is 0 Å². The van der Waals surface area contributed by atoms with Crippen LogP contribution in [0.5, 0.6) is 0 Å². The third-order valence-electron chi connectivity index (χ3n) is 15.8. The molecule has 8 N–H and O–H groups in total. The maximum Gasteiger partial charge on any atom is 0.187 e. The summed E-state index contributed by atoms with van der Waals surface area (Å²) in [7, 11) is 0. The third kappa shape index (κ3) is 5.87. The van der Waals surface area contributed by atoms with Crippen LogP contribution in [0, 0.1) is 46.3 Å². The summed E-state index contributed by atoms with van der Waals surface area (Å²) < 4.78 is 37.1. The van der Waals surface area contributed by atoms with Crippen LogP contribution in [0.3, 0.4) is 0 Å². The van der Waals surface area contributed by atoms with Crippen molar-refractivity contribution in [1.82, 2.24) is 0 Å². The SMILES string of the molecule is CC1CCC2(OC1)OC1CC3C4CC=C5CC(OC6OC(CO)C(O)C(O)C6OC6OC(C)C(O)C(O)C6O)C(O)C(O)C5(C)C4CCC3(C)C1C2C. The number of hydrogen-bond acceptors (Lipinski definition) is 14. The number of hydrogen-bond donors (Lipinski definition) is 8. The first-order chi connectivity index (χ1) is 25.1. The second kappa shape index (κ2) is 13.9. The van der Waals surface area contributed by atoms with Gasteiger partial charge >= 0.3 is 0 Å². The monoisotopic (exact) mass is 754 g/mol. The Morgan fingerprint density at radius 3 is 2.26 bits per heavy atom. The Hall–Kier alpha value is -0.820. The van der Waals surface area contributed by atoms with Gasteiger partial charge in [-0.1, -0.05) is 39.3 Å². The van der Waals surface area contributed by atoms with Crippen molar-refractivity contribution < 1.29 is 69.3 Å². The first-order valence-corrected chi connectivity index (χ1v) is 20.1. The van der Waals surface area contributed by atoms with Gasteiger partial charge in [0.15, 0.2) is 18.4 Å². The van der Waals surface area contributed by atoms with Gasteiger partial charge in [-0.2, -0.15) is 0 Å². The summed E-state index contributed by atoms with van der Waals surface area (Å²) in [6.07, 6.45) is -9.88. The molecule has 4 heterocycles. The maximum absolute atomic E-state index is 12.1. The lowest BCUT2D eigenvalue weighted by molar-refractivity contribution is -0.373. The molecule has 53 heavy (non-hydrogen) atoms. The van der Waals surface area contributed by atoms with Crippen molar-refractivity contribution in [2.24, 2.45) is 46.3 Å². The molecule has 3 saturated carbocycles. The highest BCUT2D eigenvalue weighted by Crippen LogP contribution is 2.70. The van der Waals surface area contributed by atoms with Gasteiger partial charge in [0, 0.05) is 17.8 Å². The van der Waals surface area contributed by atoms with Crippen LogP contribution in [0.25, 0.3) is 0 Å². The number of allylic oxidation sites excluding steroid dienone is 1. The van der Waals surface area contributed by atoms with Gasteiger partial charge in [0.2, 0.25) is 0 Å². The van der Waals surface area contributed by atoms with E-state index in [1.54, 1.807) is 0 Å². The van der Waals surface area contributed by atoms with Crippen LogP contribution in [0.15, 0.2) is 11.6 Å². The van der Waals surface area contributed by atoms with Gasteiger partial charge in [-0.15, -0.1) is 0 Å². The van der Waals surface area contributed by atoms with Crippen molar-refractivity contribution in [2.45, 2.75) is 171 Å². The number of rotatable bonds is 5. The lowest BCUT2D eigenvalue weighted by atomic mass is 9.46. The zero-order valence-corrected chi connectivity index (χ0v) is 31.5. The fourth-order valence-electron chi connectivity index (χ4n) is 12.6. The van der Waals surface area contributed by atoms with E-state index in [1.165, 1.54) is 6.92 Å². The molecule has 4 saturated heterocycles. The average molecular weight is 755 g/mol. The van der Waals surface area contributed by atoms with Crippen molar-refractivity contribution in [3.8, 4) is 0 Å². The first kappa shape index (κ1) is 39.0. The fraction of sp³-hybridized carbons (Fsp3) is 0.949. The van der Waals surface area contributed by atoms with E-state index in [-0.39, 0.29) is 23.9 Å². The molecule has 0 amide bonds. The van der Waals surface area contributed by atoms with Crippen LogP contribution < -0.4 is 0 Å². The zero-order valence-electron chi connectivity index (χ0n) is 31.5. The molecule has 4 aliphatic carbocycles. The molecular weight excluding hydrogens is 692 g/mol. The van der Waals surface area contributed by atoms with Crippen molar-refractivity contribution in [1.29, 1.82) is 0 Å². The molecule has 4 aliphatic heterocycles. The standard InChI is InChI=1S/C39H62O14/c1-16-8-11-39(48-15-16)17(2)26-23(53-39)13-22-20-7-6-19-12-24(29(43)34(47)38(19,5)21(20)9-10-37(22,26)4)50-36-33(31(45)28(42)25(14-40)51-36)52-35-32(46)30(44)27(41)18(3)49-35/h6,16-18,20-36,40-47H,7-15H2,1-5H3. The molecule has 8 rings (SSSR count). The van der Waals surface area contributed by atoms with Gasteiger partial charge in [-0.05, 0) is 80.5 Å². The Morgan fingerprint density at radius 2 is 1.57 bits per heavy atom. The maximum atomic E-state index is 12.1. The molecule has 23 unspecified atom stereocenters. The number of fused-ring (bicyclic) bond motifs is 7. The Balaban J connectivity index is 1.01. The van der Waals surface area contributed by atoms with Gasteiger partial charge < -0.3 is 69.3 Å². The summed E-state index contributed by atoms with van der Waals surface area (Å²) in [4.78, 5) is 0. The molecule has 0 aromatic carbocycles. The Morgan fingerprint density at radius 1 is 0.811 bits per heavy atom. The lowest BCUT2D eigenvalue weighted by Crippen LogP contribution is -2.66. The Kier molecular flexibility index (Phi) is 10.3. The van der Waals surface area contributed by atoms with Crippen LogP contribution in [-0.2, 0) is 28.4 Å². The molecule has 302 valence electrons. The predicted molar refractivity (Wildman–Crippen MR) is 184 cm³/mol. The quantitative estimate of drug-likeness (QED) is 0.178. The Bertz CT molecular complexity index is 1370. The van der Waals surface area contributed by atoms with Crippen molar-refractivity contribution >= 4 is 0 Å². The summed E-state index contributed by atoms with van der Waals surface area (Å²) in [5.41, 5.74) is 0.356. The van der Waals surface area contributed by atoms with E-state index in [1.807, 2.05) is 0 Å². The van der Waals surface area contributed by atoms with Crippen molar-refractivity contribution in [2.75, 3.05) is 13.2 Å². The molecule has 1 spiro atoms. The predicted octanol–water partition coefficient (Wildman–Crippen LogP) is 0.332. The van der Waals surface area contributed by atoms with E-state index < -0.39 is 97.5 Å². The van der Waals surface area contributed by atoms with Crippen molar-refractivity contribution in [3.05, 3.63) is 11.6 Å². The highest BCUT2D eigenvalue weighted by Gasteiger charge is 2.70. The minimum absolute atomic E-state index is 0.0797. The minimum Gasteiger partial charge on any atom is -0.394 e. The molecule has 7 fully saturated rings. The molecule has 0 aromatic heterocycles. The molecule has 14 heteroatoms. The zero-order chi connectivity index (χ0) is 37.9. The third-order valence-corrected chi connectivity index (χ3v) is 15.8. The van der Waals surface area contributed by atoms with Crippen LogP contribution in [0.2, 0.25) is 0 Å². The largest absolute Gasteiger partial charge is 0.394 e. The molecule has 0 aromatic rings. The molecule has 8 aliphatic rings.